The smallest absolute Gasteiger partial charge is 0.338 e. The number of hydrogen-bond donors (Lipinski definition) is 3. The Balaban J connectivity index is 1.30. The lowest BCUT2D eigenvalue weighted by Gasteiger charge is -2.40. The van der Waals surface area contributed by atoms with Crippen LogP contribution in [0, 0.1) is 0 Å². The van der Waals surface area contributed by atoms with Gasteiger partial charge < -0.3 is 38.7 Å². The van der Waals surface area contributed by atoms with E-state index >= 15 is 0 Å². The molecule has 10 nitrogen and oxygen atoms in total. The van der Waals surface area contributed by atoms with Gasteiger partial charge in [-0.1, -0.05) is 23.7 Å². The normalized spacial score (nSPS) is 22.3. The number of rotatable bonds is 9. The van der Waals surface area contributed by atoms with Gasteiger partial charge in [0.15, 0.2) is 11.5 Å². The fraction of sp³-hybridized carbons (Fsp3) is 0.310. The van der Waals surface area contributed by atoms with E-state index in [0.29, 0.717) is 28.5 Å². The number of ether oxygens (including phenoxy) is 4. The van der Waals surface area contributed by atoms with Crippen molar-refractivity contribution in [2.45, 2.75) is 36.9 Å². The zero-order valence-corrected chi connectivity index (χ0v) is 23.7. The third kappa shape index (κ3) is 6.25. The molecule has 1 saturated heterocycles. The molecule has 1 aliphatic rings. The van der Waals surface area contributed by atoms with Gasteiger partial charge in [0.25, 0.3) is 0 Å². The standard InChI is InChI=1S/C29H28ClNO9S/c1-36-19-8-6-16(11-21(19)37-2)29(35)39-14-22-25(32)26(33)27(34)28(40-22)15-5-7-18(30)17(10-15)12-24-31-13-23(41-24)20-4-3-9-38-20/h3-11,13,22,25-28,32-34H,12,14H2,1-2H3. The summed E-state index contributed by atoms with van der Waals surface area (Å²) in [6.07, 6.45) is -2.88. The van der Waals surface area contributed by atoms with Crippen LogP contribution in [0.1, 0.15) is 32.6 Å². The minimum Gasteiger partial charge on any atom is -0.493 e. The van der Waals surface area contributed by atoms with Gasteiger partial charge in [-0.3, -0.25) is 0 Å². The van der Waals surface area contributed by atoms with Crippen molar-refractivity contribution in [1.29, 1.82) is 0 Å². The first kappa shape index (κ1) is 29.1. The van der Waals surface area contributed by atoms with Crippen LogP contribution in [0.4, 0.5) is 0 Å². The second-order valence-corrected chi connectivity index (χ2v) is 10.9. The summed E-state index contributed by atoms with van der Waals surface area (Å²) in [6, 6.07) is 13.3. The molecule has 0 amide bonds. The van der Waals surface area contributed by atoms with E-state index in [1.54, 1.807) is 42.8 Å². The van der Waals surface area contributed by atoms with Crippen molar-refractivity contribution in [3.63, 3.8) is 0 Å². The number of aliphatic hydroxyl groups excluding tert-OH is 3. The number of nitrogens with zero attached hydrogens (tertiary/aromatic N) is 1. The predicted molar refractivity (Wildman–Crippen MR) is 150 cm³/mol. The Labute approximate surface area is 244 Å². The van der Waals surface area contributed by atoms with Crippen LogP contribution in [0.15, 0.2) is 65.4 Å². The van der Waals surface area contributed by atoms with E-state index in [4.69, 9.17) is 35.0 Å². The first-order chi connectivity index (χ1) is 19.8. The molecule has 3 heterocycles. The molecule has 0 saturated carbocycles. The summed E-state index contributed by atoms with van der Waals surface area (Å²) in [5, 5.41) is 33.3. The van der Waals surface area contributed by atoms with Gasteiger partial charge >= 0.3 is 5.97 Å². The van der Waals surface area contributed by atoms with E-state index in [1.165, 1.54) is 37.7 Å². The lowest BCUT2D eigenvalue weighted by Crippen LogP contribution is -2.55. The molecule has 0 aliphatic carbocycles. The molecule has 5 unspecified atom stereocenters. The summed E-state index contributed by atoms with van der Waals surface area (Å²) in [7, 11) is 2.93. The third-order valence-corrected chi connectivity index (χ3v) is 8.15. The van der Waals surface area contributed by atoms with Gasteiger partial charge in [-0.25, -0.2) is 9.78 Å². The van der Waals surface area contributed by atoms with Gasteiger partial charge in [-0.15, -0.1) is 11.3 Å². The van der Waals surface area contributed by atoms with E-state index in [-0.39, 0.29) is 12.2 Å². The number of halogens is 1. The zero-order valence-electron chi connectivity index (χ0n) is 22.1. The number of hydrogen-bond acceptors (Lipinski definition) is 11. The van der Waals surface area contributed by atoms with E-state index in [1.807, 2.05) is 6.07 Å². The molecule has 3 N–H and O–H groups in total. The van der Waals surface area contributed by atoms with Crippen molar-refractivity contribution in [2.24, 2.45) is 0 Å². The summed E-state index contributed by atoms with van der Waals surface area (Å²) in [4.78, 5) is 18.0. The van der Waals surface area contributed by atoms with Gasteiger partial charge in [0, 0.05) is 17.6 Å². The molecule has 5 rings (SSSR count). The topological polar surface area (TPSA) is 141 Å². The maximum Gasteiger partial charge on any atom is 0.338 e. The Morgan fingerprint density at radius 2 is 1.83 bits per heavy atom. The number of carbonyl (C=O) groups excluding carboxylic acids is 1. The van der Waals surface area contributed by atoms with Crippen LogP contribution >= 0.6 is 22.9 Å². The Bertz CT molecular complexity index is 1490. The first-order valence-corrected chi connectivity index (χ1v) is 13.8. The van der Waals surface area contributed by atoms with Crippen molar-refractivity contribution in [2.75, 3.05) is 20.8 Å². The summed E-state index contributed by atoms with van der Waals surface area (Å²) in [5.41, 5.74) is 1.46. The second-order valence-electron chi connectivity index (χ2n) is 9.36. The van der Waals surface area contributed by atoms with Gasteiger partial charge in [0.05, 0.1) is 35.9 Å². The van der Waals surface area contributed by atoms with Crippen LogP contribution in [0.25, 0.3) is 10.6 Å². The second kappa shape index (κ2) is 12.6. The highest BCUT2D eigenvalue weighted by atomic mass is 35.5. The van der Waals surface area contributed by atoms with Gasteiger partial charge in [0.1, 0.15) is 42.9 Å². The van der Waals surface area contributed by atoms with Crippen LogP contribution in [0.5, 0.6) is 11.5 Å². The van der Waals surface area contributed by atoms with E-state index in [2.05, 4.69) is 4.98 Å². The maximum atomic E-state index is 12.7. The average Bonchev–Trinajstić information content (AvgIpc) is 3.69. The van der Waals surface area contributed by atoms with Gasteiger partial charge in [0.2, 0.25) is 0 Å². The fourth-order valence-corrected chi connectivity index (χ4v) is 5.66. The molecule has 1 aliphatic heterocycles. The number of esters is 1. The number of thiazole rings is 1. The molecule has 216 valence electrons. The quantitative estimate of drug-likeness (QED) is 0.241. The molecule has 5 atom stereocenters. The van der Waals surface area contributed by atoms with Crippen LogP contribution < -0.4 is 9.47 Å². The van der Waals surface area contributed by atoms with Crippen LogP contribution in [-0.4, -0.2) is 71.5 Å². The van der Waals surface area contributed by atoms with Crippen molar-refractivity contribution >= 4 is 28.9 Å². The number of benzene rings is 2. The molecule has 12 heteroatoms. The molecule has 1 fully saturated rings. The third-order valence-electron chi connectivity index (χ3n) is 6.77. The van der Waals surface area contributed by atoms with E-state index in [9.17, 15) is 20.1 Å². The molecular formula is C29H28ClNO9S. The first-order valence-electron chi connectivity index (χ1n) is 12.6. The molecule has 0 spiro atoms. The van der Waals surface area contributed by atoms with E-state index < -0.39 is 36.5 Å². The minimum absolute atomic E-state index is 0.199. The van der Waals surface area contributed by atoms with Crippen molar-refractivity contribution in [3.8, 4) is 22.1 Å². The summed E-state index contributed by atoms with van der Waals surface area (Å²) in [6.45, 7) is -0.371. The van der Waals surface area contributed by atoms with E-state index in [0.717, 1.165) is 21.2 Å². The Morgan fingerprint density at radius 3 is 2.56 bits per heavy atom. The lowest BCUT2D eigenvalue weighted by molar-refractivity contribution is -0.231. The largest absolute Gasteiger partial charge is 0.493 e. The fourth-order valence-electron chi connectivity index (χ4n) is 4.56. The highest BCUT2D eigenvalue weighted by molar-refractivity contribution is 7.15. The number of aliphatic hydroxyl groups is 3. The predicted octanol–water partition coefficient (Wildman–Crippen LogP) is 4.04. The van der Waals surface area contributed by atoms with Crippen LogP contribution in [-0.2, 0) is 15.9 Å². The molecule has 0 bridgehead atoms. The molecule has 4 aromatic rings. The van der Waals surface area contributed by atoms with Gasteiger partial charge in [-0.2, -0.15) is 0 Å². The molecule has 2 aromatic heterocycles. The molecular weight excluding hydrogens is 574 g/mol. The van der Waals surface area contributed by atoms with Crippen molar-refractivity contribution in [3.05, 3.63) is 87.7 Å². The van der Waals surface area contributed by atoms with Crippen molar-refractivity contribution in [1.82, 2.24) is 4.98 Å². The van der Waals surface area contributed by atoms with Crippen LogP contribution in [0.3, 0.4) is 0 Å². The lowest BCUT2D eigenvalue weighted by atomic mass is 9.90. The highest BCUT2D eigenvalue weighted by Gasteiger charge is 2.44. The van der Waals surface area contributed by atoms with Gasteiger partial charge in [-0.05, 0) is 47.5 Å². The summed E-state index contributed by atoms with van der Waals surface area (Å²) in [5.74, 6) is 0.830. The number of aromatic nitrogens is 1. The number of methoxy groups -OCH3 is 2. The molecule has 41 heavy (non-hydrogen) atoms. The summed E-state index contributed by atoms with van der Waals surface area (Å²) < 4.78 is 27.2. The SMILES string of the molecule is COc1ccc(C(=O)OCC2OC(c3ccc(Cl)c(Cc4ncc(-c5ccco5)s4)c3)C(O)C(O)C2O)cc1OC. The maximum absolute atomic E-state index is 12.7. The Hall–Kier alpha value is -3.45. The number of furan rings is 1. The Kier molecular flexibility index (Phi) is 8.93. The zero-order chi connectivity index (χ0) is 29.1. The highest BCUT2D eigenvalue weighted by Crippen LogP contribution is 2.36. The van der Waals surface area contributed by atoms with Crippen LogP contribution in [0.2, 0.25) is 5.02 Å². The average molecular weight is 602 g/mol. The van der Waals surface area contributed by atoms with Crippen molar-refractivity contribution < 1.29 is 43.5 Å². The molecule has 2 aromatic carbocycles. The molecule has 0 radical (unpaired) electrons. The minimum atomic E-state index is -1.55. The Morgan fingerprint density at radius 1 is 1.02 bits per heavy atom. The monoisotopic (exact) mass is 601 g/mol. The summed E-state index contributed by atoms with van der Waals surface area (Å²) >= 11 is 7.95. The number of carbonyl (C=O) groups is 1.